The number of hydrogen-bond donors (Lipinski definition) is 4. The first-order valence-corrected chi connectivity index (χ1v) is 14.0. The van der Waals surface area contributed by atoms with Gasteiger partial charge in [-0.2, -0.15) is 0 Å². The second-order valence-corrected chi connectivity index (χ2v) is 12.4. The molecular weight excluding hydrogens is 524 g/mol. The molecule has 4 aliphatic rings. The number of aliphatic hydroxyl groups excluding tert-OH is 2. The van der Waals surface area contributed by atoms with Gasteiger partial charge in [-0.25, -0.2) is 17.6 Å². The van der Waals surface area contributed by atoms with E-state index in [1.54, 1.807) is 0 Å². The molecule has 2 fully saturated rings. The molecule has 6 rings (SSSR count). The van der Waals surface area contributed by atoms with Crippen molar-refractivity contribution in [1.82, 2.24) is 0 Å². The van der Waals surface area contributed by atoms with Crippen molar-refractivity contribution in [2.75, 3.05) is 0 Å². The highest BCUT2D eigenvalue weighted by Gasteiger charge is 2.47. The number of aromatic hydroxyl groups is 2. The van der Waals surface area contributed by atoms with E-state index < -0.39 is 34.8 Å². The number of phenols is 2. The largest absolute Gasteiger partial charge is 0.503 e. The summed E-state index contributed by atoms with van der Waals surface area (Å²) in [5.74, 6) is -4.97. The first-order chi connectivity index (χ1) is 18.8. The first kappa shape index (κ1) is 28.7. The van der Waals surface area contributed by atoms with Crippen LogP contribution in [-0.4, -0.2) is 32.6 Å². The standard InChI is InChI=1S/2C16H18F2O2/c2*1-16-5-4-9(6-11(16)2-3-14(16)19)10-7-12(17)15(20)13(18)8-10/h6-8,11,14,19-20H,2-5H2,1H3;4,7-8,11,14,19-20H,2-3,5-6H2,1H3/t2*11?,14-,16-/m00/s1. The second-order valence-electron chi connectivity index (χ2n) is 12.4. The third kappa shape index (κ3) is 4.94. The number of allylic oxidation sites excluding steroid dienone is 4. The zero-order chi connectivity index (χ0) is 29.0. The Morgan fingerprint density at radius 3 is 1.77 bits per heavy atom. The summed E-state index contributed by atoms with van der Waals surface area (Å²) in [6.45, 7) is 4.17. The summed E-state index contributed by atoms with van der Waals surface area (Å²) in [7, 11) is 0. The van der Waals surface area contributed by atoms with Gasteiger partial charge in [0.25, 0.3) is 0 Å². The summed E-state index contributed by atoms with van der Waals surface area (Å²) in [5.41, 5.74) is 2.55. The molecule has 2 saturated carbocycles. The number of hydrogen-bond acceptors (Lipinski definition) is 4. The number of rotatable bonds is 2. The molecule has 2 aromatic carbocycles. The van der Waals surface area contributed by atoms with Gasteiger partial charge in [-0.15, -0.1) is 0 Å². The second kappa shape index (κ2) is 10.5. The van der Waals surface area contributed by atoms with Gasteiger partial charge < -0.3 is 20.4 Å². The maximum atomic E-state index is 13.4. The van der Waals surface area contributed by atoms with Crippen LogP contribution in [0, 0.1) is 45.9 Å². The van der Waals surface area contributed by atoms with Gasteiger partial charge in [0, 0.05) is 10.8 Å². The van der Waals surface area contributed by atoms with Crippen molar-refractivity contribution in [3.63, 3.8) is 0 Å². The molecule has 4 N–H and O–H groups in total. The molecule has 8 heteroatoms. The Hall–Kier alpha value is -2.84. The molecule has 0 saturated heterocycles. The van der Waals surface area contributed by atoms with Crippen molar-refractivity contribution in [2.45, 2.75) is 77.4 Å². The molecular formula is C32H36F4O4. The zero-order valence-corrected chi connectivity index (χ0v) is 22.7. The molecule has 4 aliphatic carbocycles. The lowest BCUT2D eigenvalue weighted by Crippen LogP contribution is -2.34. The molecule has 6 atom stereocenters. The van der Waals surface area contributed by atoms with Crippen LogP contribution in [0.2, 0.25) is 0 Å². The Morgan fingerprint density at radius 1 is 0.700 bits per heavy atom. The average molecular weight is 561 g/mol. The molecule has 216 valence electrons. The first-order valence-electron chi connectivity index (χ1n) is 14.0. The van der Waals surface area contributed by atoms with Crippen LogP contribution >= 0.6 is 0 Å². The monoisotopic (exact) mass is 560 g/mol. The van der Waals surface area contributed by atoms with Crippen molar-refractivity contribution in [3.05, 3.63) is 70.8 Å². The van der Waals surface area contributed by atoms with Crippen LogP contribution in [0.4, 0.5) is 17.6 Å². The Bertz CT molecular complexity index is 1320. The minimum atomic E-state index is -0.930. The maximum Gasteiger partial charge on any atom is 0.187 e. The van der Waals surface area contributed by atoms with E-state index in [0.717, 1.165) is 56.1 Å². The number of benzene rings is 2. The van der Waals surface area contributed by atoms with Crippen LogP contribution in [0.5, 0.6) is 11.5 Å². The third-order valence-corrected chi connectivity index (χ3v) is 10.2. The summed E-state index contributed by atoms with van der Waals surface area (Å²) in [4.78, 5) is 0. The van der Waals surface area contributed by atoms with Gasteiger partial charge >= 0.3 is 0 Å². The molecule has 0 bridgehead atoms. The fourth-order valence-electron chi connectivity index (χ4n) is 7.20. The van der Waals surface area contributed by atoms with Crippen LogP contribution in [0.25, 0.3) is 11.1 Å². The van der Waals surface area contributed by atoms with E-state index in [0.29, 0.717) is 23.5 Å². The third-order valence-electron chi connectivity index (χ3n) is 10.2. The SMILES string of the molecule is C[C@]12CC=C(c3cc(F)c(O)c(F)c3)CC1CC[C@@H]2O.C[C@]12CCC(c3cc(F)c(O)c(F)c3)=CC1CC[C@@H]2O. The summed E-state index contributed by atoms with van der Waals surface area (Å²) in [5, 5.41) is 38.5. The van der Waals surface area contributed by atoms with Crippen LogP contribution in [-0.2, 0) is 0 Å². The summed E-state index contributed by atoms with van der Waals surface area (Å²) in [6, 6.07) is 4.72. The van der Waals surface area contributed by atoms with Gasteiger partial charge in [-0.1, -0.05) is 26.0 Å². The predicted octanol–water partition coefficient (Wildman–Crippen LogP) is 7.25. The van der Waals surface area contributed by atoms with Gasteiger partial charge in [0.1, 0.15) is 0 Å². The topological polar surface area (TPSA) is 80.9 Å². The van der Waals surface area contributed by atoms with E-state index in [2.05, 4.69) is 13.8 Å². The van der Waals surface area contributed by atoms with E-state index in [9.17, 15) is 27.8 Å². The summed E-state index contributed by atoms with van der Waals surface area (Å²) >= 11 is 0. The lowest BCUT2D eigenvalue weighted by Gasteiger charge is -2.38. The van der Waals surface area contributed by atoms with Crippen molar-refractivity contribution in [3.8, 4) is 11.5 Å². The molecule has 40 heavy (non-hydrogen) atoms. The predicted molar refractivity (Wildman–Crippen MR) is 144 cm³/mol. The normalized spacial score (nSPS) is 32.9. The minimum absolute atomic E-state index is 0.114. The average Bonchev–Trinajstić information content (AvgIpc) is 3.39. The fraction of sp³-hybridized carbons (Fsp3) is 0.500. The Kier molecular flexibility index (Phi) is 7.55. The van der Waals surface area contributed by atoms with Gasteiger partial charge in [-0.3, -0.25) is 0 Å². The van der Waals surface area contributed by atoms with E-state index >= 15 is 0 Å². The van der Waals surface area contributed by atoms with E-state index in [4.69, 9.17) is 10.2 Å². The smallest absolute Gasteiger partial charge is 0.187 e. The molecule has 0 aromatic heterocycles. The molecule has 4 nitrogen and oxygen atoms in total. The minimum Gasteiger partial charge on any atom is -0.503 e. The van der Waals surface area contributed by atoms with Gasteiger partial charge in [0.15, 0.2) is 34.8 Å². The Labute approximate surface area is 231 Å². The van der Waals surface area contributed by atoms with Crippen LogP contribution in [0.1, 0.15) is 76.3 Å². The number of aliphatic hydroxyl groups is 2. The lowest BCUT2D eigenvalue weighted by atomic mass is 9.68. The molecule has 2 aromatic rings. The molecule has 2 unspecified atom stereocenters. The van der Waals surface area contributed by atoms with Gasteiger partial charge in [0.2, 0.25) is 0 Å². The van der Waals surface area contributed by atoms with Crippen LogP contribution < -0.4 is 0 Å². The summed E-state index contributed by atoms with van der Waals surface area (Å²) < 4.78 is 53.8. The molecule has 0 spiro atoms. The lowest BCUT2D eigenvalue weighted by molar-refractivity contribution is 0.0400. The van der Waals surface area contributed by atoms with Crippen LogP contribution in [0.15, 0.2) is 36.4 Å². The highest BCUT2D eigenvalue weighted by atomic mass is 19.1. The van der Waals surface area contributed by atoms with Crippen molar-refractivity contribution in [2.24, 2.45) is 22.7 Å². The fourth-order valence-corrected chi connectivity index (χ4v) is 7.20. The zero-order valence-electron chi connectivity index (χ0n) is 22.7. The van der Waals surface area contributed by atoms with E-state index in [-0.39, 0.29) is 29.0 Å². The molecule has 0 radical (unpaired) electrons. The van der Waals surface area contributed by atoms with Crippen molar-refractivity contribution in [1.29, 1.82) is 0 Å². The van der Waals surface area contributed by atoms with Crippen molar-refractivity contribution < 1.29 is 38.0 Å². The van der Waals surface area contributed by atoms with E-state index in [1.165, 1.54) is 24.3 Å². The Morgan fingerprint density at radius 2 is 1.20 bits per heavy atom. The summed E-state index contributed by atoms with van der Waals surface area (Å²) in [6.07, 6.45) is 9.79. The highest BCUT2D eigenvalue weighted by molar-refractivity contribution is 5.68. The highest BCUT2D eigenvalue weighted by Crippen LogP contribution is 2.54. The van der Waals surface area contributed by atoms with Crippen LogP contribution in [0.3, 0.4) is 0 Å². The molecule has 0 heterocycles. The van der Waals surface area contributed by atoms with E-state index in [1.807, 2.05) is 12.2 Å². The quantitative estimate of drug-likeness (QED) is 0.292. The number of fused-ring (bicyclic) bond motifs is 2. The van der Waals surface area contributed by atoms with Gasteiger partial charge in [0.05, 0.1) is 12.2 Å². The maximum absolute atomic E-state index is 13.4. The van der Waals surface area contributed by atoms with Crippen molar-refractivity contribution >= 4 is 11.1 Å². The number of phenolic OH excluding ortho intramolecular Hbond substituents is 2. The molecule has 0 aliphatic heterocycles. The number of halogens is 4. The van der Waals surface area contributed by atoms with Gasteiger partial charge in [-0.05, 0) is 110 Å². The Balaban J connectivity index is 0.000000161. The molecule has 0 amide bonds.